The van der Waals surface area contributed by atoms with Crippen molar-refractivity contribution in [3.8, 4) is 0 Å². The fraction of sp³-hybridized carbons (Fsp3) is 0.900. The third-order valence-corrected chi connectivity index (χ3v) is 1.71. The first-order chi connectivity index (χ1) is 6.10. The predicted octanol–water partition coefficient (Wildman–Crippen LogP) is 1.67. The lowest BCUT2D eigenvalue weighted by Crippen LogP contribution is -2.32. The van der Waals surface area contributed by atoms with E-state index in [9.17, 15) is 4.79 Å². The zero-order valence-corrected chi connectivity index (χ0v) is 9.17. The molecular weight excluding hydrogens is 166 g/mol. The van der Waals surface area contributed by atoms with Crippen molar-refractivity contribution in [1.82, 2.24) is 4.90 Å². The van der Waals surface area contributed by atoms with Gasteiger partial charge in [0.05, 0.1) is 12.6 Å². The van der Waals surface area contributed by atoms with Crippen molar-refractivity contribution < 1.29 is 9.53 Å². The molecule has 3 heteroatoms. The average molecular weight is 187 g/mol. The first-order valence-corrected chi connectivity index (χ1v) is 5.02. The normalized spacial score (nSPS) is 10.9. The van der Waals surface area contributed by atoms with Gasteiger partial charge in [-0.15, -0.1) is 0 Å². The van der Waals surface area contributed by atoms with E-state index in [4.69, 9.17) is 4.74 Å². The minimum absolute atomic E-state index is 0.00664. The fourth-order valence-electron chi connectivity index (χ4n) is 1.15. The van der Waals surface area contributed by atoms with Crippen molar-refractivity contribution in [2.75, 3.05) is 19.6 Å². The molecule has 3 nitrogen and oxygen atoms in total. The Morgan fingerprint density at radius 1 is 1.38 bits per heavy atom. The summed E-state index contributed by atoms with van der Waals surface area (Å²) >= 11 is 0. The maximum atomic E-state index is 11.2. The minimum Gasteiger partial charge on any atom is -0.462 e. The quantitative estimate of drug-likeness (QED) is 0.592. The molecule has 0 atom stereocenters. The standard InChI is InChI=1S/C10H21NO2/c1-5-7-11(6-2)8-10(12)13-9(3)4/h9H,5-8H2,1-4H3. The van der Waals surface area contributed by atoms with Crippen LogP contribution in [0.4, 0.5) is 0 Å². The second kappa shape index (κ2) is 6.89. The number of likely N-dealkylation sites (N-methyl/N-ethyl adjacent to an activating group) is 1. The van der Waals surface area contributed by atoms with Gasteiger partial charge in [0, 0.05) is 0 Å². The topological polar surface area (TPSA) is 29.5 Å². The van der Waals surface area contributed by atoms with Crippen LogP contribution in [0.2, 0.25) is 0 Å². The molecule has 13 heavy (non-hydrogen) atoms. The molecule has 0 aliphatic carbocycles. The Morgan fingerprint density at radius 2 is 2.00 bits per heavy atom. The van der Waals surface area contributed by atoms with Crippen LogP contribution in [0.1, 0.15) is 34.1 Å². The van der Waals surface area contributed by atoms with Crippen molar-refractivity contribution in [3.63, 3.8) is 0 Å². The molecule has 0 aromatic rings. The number of hydrogen-bond donors (Lipinski definition) is 0. The lowest BCUT2D eigenvalue weighted by atomic mass is 10.4. The number of carbonyl (C=O) groups is 1. The average Bonchev–Trinajstić information content (AvgIpc) is 2.02. The molecule has 0 rings (SSSR count). The highest BCUT2D eigenvalue weighted by molar-refractivity contribution is 5.71. The summed E-state index contributed by atoms with van der Waals surface area (Å²) < 4.78 is 5.05. The van der Waals surface area contributed by atoms with Gasteiger partial charge in [0.25, 0.3) is 0 Å². The van der Waals surface area contributed by atoms with Gasteiger partial charge in [0.15, 0.2) is 0 Å². The van der Waals surface area contributed by atoms with Crippen LogP contribution in [0, 0.1) is 0 Å². The van der Waals surface area contributed by atoms with Gasteiger partial charge in [-0.25, -0.2) is 0 Å². The molecule has 78 valence electrons. The Labute approximate surface area is 81.1 Å². The van der Waals surface area contributed by atoms with Crippen LogP contribution in [0.3, 0.4) is 0 Å². The molecule has 0 saturated carbocycles. The minimum atomic E-state index is -0.120. The molecule has 0 unspecified atom stereocenters. The number of nitrogens with zero attached hydrogens (tertiary/aromatic N) is 1. The van der Waals surface area contributed by atoms with E-state index in [0.29, 0.717) is 6.54 Å². The zero-order chi connectivity index (χ0) is 10.3. The summed E-state index contributed by atoms with van der Waals surface area (Å²) in [4.78, 5) is 13.3. The van der Waals surface area contributed by atoms with Gasteiger partial charge >= 0.3 is 5.97 Å². The van der Waals surface area contributed by atoms with Gasteiger partial charge in [-0.2, -0.15) is 0 Å². The number of hydrogen-bond acceptors (Lipinski definition) is 3. The molecule has 0 bridgehead atoms. The smallest absolute Gasteiger partial charge is 0.320 e. The van der Waals surface area contributed by atoms with Gasteiger partial charge < -0.3 is 4.74 Å². The summed E-state index contributed by atoms with van der Waals surface area (Å²) in [5, 5.41) is 0. The molecule has 0 saturated heterocycles. The van der Waals surface area contributed by atoms with Crippen LogP contribution in [-0.2, 0) is 9.53 Å². The van der Waals surface area contributed by atoms with Gasteiger partial charge in [-0.3, -0.25) is 9.69 Å². The zero-order valence-electron chi connectivity index (χ0n) is 9.17. The molecule has 0 aliphatic rings. The van der Waals surface area contributed by atoms with Crippen molar-refractivity contribution in [1.29, 1.82) is 0 Å². The van der Waals surface area contributed by atoms with E-state index in [1.165, 1.54) is 0 Å². The second-order valence-electron chi connectivity index (χ2n) is 3.41. The third-order valence-electron chi connectivity index (χ3n) is 1.71. The first-order valence-electron chi connectivity index (χ1n) is 5.02. The second-order valence-corrected chi connectivity index (χ2v) is 3.41. The van der Waals surface area contributed by atoms with Gasteiger partial charge in [0.1, 0.15) is 0 Å². The molecule has 0 spiro atoms. The van der Waals surface area contributed by atoms with E-state index >= 15 is 0 Å². The molecule has 0 aromatic carbocycles. The fourth-order valence-corrected chi connectivity index (χ4v) is 1.15. The highest BCUT2D eigenvalue weighted by Gasteiger charge is 2.10. The summed E-state index contributed by atoms with van der Waals surface area (Å²) in [6.07, 6.45) is 1.07. The number of carbonyl (C=O) groups excluding carboxylic acids is 1. The maximum absolute atomic E-state index is 11.2. The van der Waals surface area contributed by atoms with E-state index in [1.807, 2.05) is 13.8 Å². The molecule has 0 heterocycles. The van der Waals surface area contributed by atoms with Crippen LogP contribution in [-0.4, -0.2) is 36.6 Å². The molecule has 0 N–H and O–H groups in total. The van der Waals surface area contributed by atoms with Crippen LogP contribution in [0.25, 0.3) is 0 Å². The van der Waals surface area contributed by atoms with Gasteiger partial charge in [0.2, 0.25) is 0 Å². The Bertz CT molecular complexity index is 146. The Kier molecular flexibility index (Phi) is 6.59. The van der Waals surface area contributed by atoms with E-state index in [2.05, 4.69) is 18.7 Å². The van der Waals surface area contributed by atoms with Crippen LogP contribution < -0.4 is 0 Å². The SMILES string of the molecule is CCCN(CC)CC(=O)OC(C)C. The first kappa shape index (κ1) is 12.4. The molecular formula is C10H21NO2. The van der Waals surface area contributed by atoms with Crippen molar-refractivity contribution in [3.05, 3.63) is 0 Å². The van der Waals surface area contributed by atoms with E-state index in [1.54, 1.807) is 0 Å². The molecule has 0 radical (unpaired) electrons. The molecule has 0 amide bonds. The summed E-state index contributed by atoms with van der Waals surface area (Å²) in [7, 11) is 0. The van der Waals surface area contributed by atoms with Gasteiger partial charge in [-0.05, 0) is 33.4 Å². The van der Waals surface area contributed by atoms with Crippen molar-refractivity contribution >= 4 is 5.97 Å². The van der Waals surface area contributed by atoms with Crippen LogP contribution in [0.5, 0.6) is 0 Å². The molecule has 0 aromatic heterocycles. The van der Waals surface area contributed by atoms with Crippen molar-refractivity contribution in [2.45, 2.75) is 40.2 Å². The summed E-state index contributed by atoms with van der Waals surface area (Å²) in [5.41, 5.74) is 0. The summed E-state index contributed by atoms with van der Waals surface area (Å²) in [5.74, 6) is -0.120. The number of ether oxygens (including phenoxy) is 1. The number of rotatable bonds is 6. The Balaban J connectivity index is 3.73. The summed E-state index contributed by atoms with van der Waals surface area (Å²) in [6.45, 7) is 10.2. The van der Waals surface area contributed by atoms with E-state index < -0.39 is 0 Å². The Hall–Kier alpha value is -0.570. The highest BCUT2D eigenvalue weighted by atomic mass is 16.5. The molecule has 0 aliphatic heterocycles. The lowest BCUT2D eigenvalue weighted by Gasteiger charge is -2.18. The maximum Gasteiger partial charge on any atom is 0.320 e. The van der Waals surface area contributed by atoms with Gasteiger partial charge in [-0.1, -0.05) is 13.8 Å². The third kappa shape index (κ3) is 6.58. The molecule has 0 fully saturated rings. The largest absolute Gasteiger partial charge is 0.462 e. The predicted molar refractivity (Wildman–Crippen MR) is 53.6 cm³/mol. The highest BCUT2D eigenvalue weighted by Crippen LogP contribution is 1.95. The van der Waals surface area contributed by atoms with Crippen LogP contribution >= 0.6 is 0 Å². The lowest BCUT2D eigenvalue weighted by molar-refractivity contribution is -0.148. The monoisotopic (exact) mass is 187 g/mol. The summed E-state index contributed by atoms with van der Waals surface area (Å²) in [6, 6.07) is 0. The van der Waals surface area contributed by atoms with E-state index in [0.717, 1.165) is 19.5 Å². The van der Waals surface area contributed by atoms with Crippen molar-refractivity contribution in [2.24, 2.45) is 0 Å². The number of esters is 1. The van der Waals surface area contributed by atoms with E-state index in [-0.39, 0.29) is 12.1 Å². The van der Waals surface area contributed by atoms with Crippen LogP contribution in [0.15, 0.2) is 0 Å². The Morgan fingerprint density at radius 3 is 2.38 bits per heavy atom.